The minimum absolute atomic E-state index is 0.0735. The maximum atomic E-state index is 12.6. The molecule has 1 unspecified atom stereocenters. The molecule has 5 nitrogen and oxygen atoms in total. The van der Waals surface area contributed by atoms with Crippen LogP contribution in [0.4, 0.5) is 0 Å². The second kappa shape index (κ2) is 8.90. The highest BCUT2D eigenvalue weighted by Crippen LogP contribution is 2.33. The number of H-pyrrole nitrogens is 1. The lowest BCUT2D eigenvalue weighted by Crippen LogP contribution is -2.30. The summed E-state index contributed by atoms with van der Waals surface area (Å²) in [6, 6.07) is 13.6. The predicted molar refractivity (Wildman–Crippen MR) is 119 cm³/mol. The highest BCUT2D eigenvalue weighted by Gasteiger charge is 2.18. The number of aromatic nitrogens is 3. The number of hydrogen-bond acceptors (Lipinski definition) is 5. The first-order chi connectivity index (χ1) is 14.1. The first-order valence-electron chi connectivity index (χ1n) is 9.22. The zero-order valence-electron chi connectivity index (χ0n) is 15.7. The van der Waals surface area contributed by atoms with E-state index in [0.29, 0.717) is 0 Å². The topological polar surface area (TPSA) is 70.7 Å². The number of halogens is 1. The number of thiazole rings is 1. The van der Waals surface area contributed by atoms with Crippen molar-refractivity contribution >= 4 is 40.2 Å². The fourth-order valence-corrected chi connectivity index (χ4v) is 4.92. The van der Waals surface area contributed by atoms with E-state index in [0.717, 1.165) is 43.4 Å². The fraction of sp³-hybridized carbons (Fsp3) is 0.190. The van der Waals surface area contributed by atoms with E-state index < -0.39 is 0 Å². The molecule has 0 aliphatic carbocycles. The van der Waals surface area contributed by atoms with Gasteiger partial charge in [0.2, 0.25) is 5.91 Å². The number of carbonyl (C=O) groups is 1. The lowest BCUT2D eigenvalue weighted by atomic mass is 10.2. The van der Waals surface area contributed by atoms with Crippen molar-refractivity contribution in [1.29, 1.82) is 0 Å². The van der Waals surface area contributed by atoms with Gasteiger partial charge in [-0.05, 0) is 24.1 Å². The summed E-state index contributed by atoms with van der Waals surface area (Å²) < 4.78 is 0.730. The number of hydrogen-bond donors (Lipinski definition) is 2. The normalized spacial score (nSPS) is 12.1. The minimum Gasteiger partial charge on any atom is -0.346 e. The average molecular weight is 443 g/mol. The largest absolute Gasteiger partial charge is 0.346 e. The summed E-state index contributed by atoms with van der Waals surface area (Å²) >= 11 is 9.00. The Morgan fingerprint density at radius 2 is 2.07 bits per heavy atom. The minimum atomic E-state index is -0.172. The molecule has 0 aliphatic heterocycles. The van der Waals surface area contributed by atoms with Crippen molar-refractivity contribution in [1.82, 2.24) is 20.3 Å². The van der Waals surface area contributed by atoms with E-state index >= 15 is 0 Å². The number of amides is 1. The summed E-state index contributed by atoms with van der Waals surface area (Å²) in [6.45, 7) is 2.02. The van der Waals surface area contributed by atoms with Crippen LogP contribution in [0.15, 0.2) is 54.0 Å². The molecule has 0 fully saturated rings. The van der Waals surface area contributed by atoms with Gasteiger partial charge >= 0.3 is 0 Å². The molecular formula is C21H19ClN4OS2. The highest BCUT2D eigenvalue weighted by molar-refractivity contribution is 7.23. The monoisotopic (exact) mass is 442 g/mol. The zero-order chi connectivity index (χ0) is 20.2. The average Bonchev–Trinajstić information content (AvgIpc) is 3.47. The van der Waals surface area contributed by atoms with Crippen molar-refractivity contribution in [2.75, 3.05) is 0 Å². The predicted octanol–water partition coefficient (Wildman–Crippen LogP) is 5.73. The van der Waals surface area contributed by atoms with Gasteiger partial charge in [0.05, 0.1) is 39.3 Å². The van der Waals surface area contributed by atoms with Crippen LogP contribution in [0.5, 0.6) is 0 Å². The van der Waals surface area contributed by atoms with E-state index in [2.05, 4.69) is 20.3 Å². The summed E-state index contributed by atoms with van der Waals surface area (Å²) in [4.78, 5) is 26.0. The van der Waals surface area contributed by atoms with Crippen molar-refractivity contribution in [3.05, 3.63) is 69.9 Å². The molecule has 1 aromatic carbocycles. The van der Waals surface area contributed by atoms with E-state index in [9.17, 15) is 4.79 Å². The molecule has 8 heteroatoms. The quantitative estimate of drug-likeness (QED) is 0.384. The molecule has 0 saturated carbocycles. The number of aromatic amines is 1. The van der Waals surface area contributed by atoms with Gasteiger partial charge in [-0.25, -0.2) is 9.97 Å². The summed E-state index contributed by atoms with van der Waals surface area (Å²) in [5.74, 6) is 0.683. The smallest absolute Gasteiger partial charge is 0.226 e. The number of carbonyl (C=O) groups excluding carboxylic acids is 1. The van der Waals surface area contributed by atoms with Crippen LogP contribution in [0.1, 0.15) is 30.9 Å². The van der Waals surface area contributed by atoms with Gasteiger partial charge in [0, 0.05) is 5.38 Å². The van der Waals surface area contributed by atoms with Crippen LogP contribution in [-0.2, 0) is 11.2 Å². The maximum absolute atomic E-state index is 12.6. The standard InChI is InChI=1S/C21H19ClN4OS2/c1-2-15(20-23-11-16(26-20)13-6-4-3-5-7-13)25-19(27)10-14-12-28-21(24-14)17-8-9-18(22)29-17/h3-9,11-12,15H,2,10H2,1H3,(H,23,26)(H,25,27). The lowest BCUT2D eigenvalue weighted by molar-refractivity contribution is -0.121. The SMILES string of the molecule is CCC(NC(=O)Cc1csc(-c2ccc(Cl)s2)n1)c1ncc(-c2ccccc2)[nH]1. The van der Waals surface area contributed by atoms with Crippen LogP contribution in [0.25, 0.3) is 21.1 Å². The van der Waals surface area contributed by atoms with E-state index in [1.165, 1.54) is 22.7 Å². The third-order valence-corrected chi connectivity index (χ3v) is 6.72. The van der Waals surface area contributed by atoms with E-state index in [1.807, 2.05) is 54.8 Å². The third kappa shape index (κ3) is 4.75. The van der Waals surface area contributed by atoms with E-state index in [4.69, 9.17) is 11.6 Å². The molecule has 0 spiro atoms. The number of rotatable bonds is 7. The van der Waals surface area contributed by atoms with Crippen molar-refractivity contribution in [3.8, 4) is 21.1 Å². The highest BCUT2D eigenvalue weighted by atomic mass is 35.5. The Morgan fingerprint density at radius 3 is 2.79 bits per heavy atom. The van der Waals surface area contributed by atoms with Crippen LogP contribution < -0.4 is 5.32 Å². The Hall–Kier alpha value is -2.48. The first kappa shape index (κ1) is 19.8. The second-order valence-electron chi connectivity index (χ2n) is 6.50. The van der Waals surface area contributed by atoms with Gasteiger partial charge in [-0.3, -0.25) is 4.79 Å². The second-order valence-corrected chi connectivity index (χ2v) is 9.07. The first-order valence-corrected chi connectivity index (χ1v) is 11.3. The van der Waals surface area contributed by atoms with Crippen LogP contribution >= 0.6 is 34.3 Å². The van der Waals surface area contributed by atoms with E-state index in [-0.39, 0.29) is 18.4 Å². The van der Waals surface area contributed by atoms with Crippen molar-refractivity contribution in [3.63, 3.8) is 0 Å². The third-order valence-electron chi connectivity index (χ3n) is 4.43. The van der Waals surface area contributed by atoms with Crippen LogP contribution in [-0.4, -0.2) is 20.9 Å². The van der Waals surface area contributed by atoms with Crippen molar-refractivity contribution in [2.45, 2.75) is 25.8 Å². The van der Waals surface area contributed by atoms with Crippen LogP contribution in [0.3, 0.4) is 0 Å². The number of nitrogens with zero attached hydrogens (tertiary/aromatic N) is 2. The fourth-order valence-electron chi connectivity index (χ4n) is 2.98. The molecular weight excluding hydrogens is 424 g/mol. The molecule has 0 radical (unpaired) electrons. The van der Waals surface area contributed by atoms with Gasteiger partial charge in [-0.15, -0.1) is 22.7 Å². The number of nitrogens with one attached hydrogen (secondary N) is 2. The van der Waals surface area contributed by atoms with Gasteiger partial charge < -0.3 is 10.3 Å². The number of imidazole rings is 1. The summed E-state index contributed by atoms with van der Waals surface area (Å²) in [5, 5.41) is 5.87. The van der Waals surface area contributed by atoms with Gasteiger partial charge in [0.15, 0.2) is 0 Å². The van der Waals surface area contributed by atoms with E-state index in [1.54, 1.807) is 6.20 Å². The molecule has 0 aliphatic rings. The van der Waals surface area contributed by atoms with Crippen LogP contribution in [0, 0.1) is 0 Å². The maximum Gasteiger partial charge on any atom is 0.226 e. The van der Waals surface area contributed by atoms with Gasteiger partial charge in [0.25, 0.3) is 0 Å². The van der Waals surface area contributed by atoms with Crippen molar-refractivity contribution in [2.24, 2.45) is 0 Å². The Kier molecular flexibility index (Phi) is 6.08. The molecule has 0 saturated heterocycles. The van der Waals surface area contributed by atoms with Gasteiger partial charge in [0.1, 0.15) is 10.8 Å². The summed E-state index contributed by atoms with van der Waals surface area (Å²) in [5.41, 5.74) is 2.76. The summed E-state index contributed by atoms with van der Waals surface area (Å²) in [7, 11) is 0. The molecule has 3 aromatic heterocycles. The Labute approximate surface area is 181 Å². The Morgan fingerprint density at radius 1 is 1.24 bits per heavy atom. The van der Waals surface area contributed by atoms with Gasteiger partial charge in [-0.1, -0.05) is 48.9 Å². The molecule has 1 amide bonds. The molecule has 148 valence electrons. The zero-order valence-corrected chi connectivity index (χ0v) is 18.1. The Bertz CT molecular complexity index is 1100. The molecule has 4 rings (SSSR count). The van der Waals surface area contributed by atoms with Crippen LogP contribution in [0.2, 0.25) is 4.34 Å². The molecule has 0 bridgehead atoms. The molecule has 3 heterocycles. The van der Waals surface area contributed by atoms with Crippen molar-refractivity contribution < 1.29 is 4.79 Å². The number of thiophene rings is 1. The molecule has 29 heavy (non-hydrogen) atoms. The lowest BCUT2D eigenvalue weighted by Gasteiger charge is -2.14. The molecule has 1 atom stereocenters. The molecule has 2 N–H and O–H groups in total. The summed E-state index contributed by atoms with van der Waals surface area (Å²) in [6.07, 6.45) is 2.78. The Balaban J connectivity index is 1.41. The van der Waals surface area contributed by atoms with Gasteiger partial charge in [-0.2, -0.15) is 0 Å². The number of benzene rings is 1. The molecule has 4 aromatic rings.